The zero-order chi connectivity index (χ0) is 10.0. The fraction of sp³-hybridized carbons (Fsp3) is 0.778. The van der Waals surface area contributed by atoms with E-state index in [0.717, 1.165) is 0 Å². The highest BCUT2D eigenvalue weighted by atomic mass is 16.2. The van der Waals surface area contributed by atoms with Crippen LogP contribution in [0.5, 0.6) is 0 Å². The third-order valence-electron chi connectivity index (χ3n) is 2.33. The van der Waals surface area contributed by atoms with Gasteiger partial charge in [-0.05, 0) is 0 Å². The van der Waals surface area contributed by atoms with Crippen LogP contribution in [-0.2, 0) is 9.59 Å². The van der Waals surface area contributed by atoms with Crippen molar-refractivity contribution in [1.29, 1.82) is 0 Å². The zero-order valence-corrected chi connectivity index (χ0v) is 8.41. The lowest BCUT2D eigenvalue weighted by Gasteiger charge is -2.39. The maximum absolute atomic E-state index is 11.4. The highest BCUT2D eigenvalue weighted by Crippen LogP contribution is 2.17. The second-order valence-electron chi connectivity index (χ2n) is 3.58. The number of rotatable bonds is 2. The molecule has 1 heterocycles. The Kier molecular flexibility index (Phi) is 2.90. The number of carbonyl (C=O) groups is 2. The molecule has 13 heavy (non-hydrogen) atoms. The number of carbonyl (C=O) groups excluding carboxylic acids is 2. The molecule has 1 saturated heterocycles. The summed E-state index contributed by atoms with van der Waals surface area (Å²) in [5.74, 6) is 0.299. The van der Waals surface area contributed by atoms with E-state index in [9.17, 15) is 9.59 Å². The van der Waals surface area contributed by atoms with Crippen molar-refractivity contribution in [2.75, 3.05) is 27.2 Å². The lowest BCUT2D eigenvalue weighted by molar-refractivity contribution is -0.146. The van der Waals surface area contributed by atoms with Gasteiger partial charge < -0.3 is 9.80 Å². The SMILES string of the molecule is CCC(=O)N1CC(C(=O)N(C)C)C1. The van der Waals surface area contributed by atoms with Crippen molar-refractivity contribution in [3.63, 3.8) is 0 Å². The molecule has 0 aromatic rings. The van der Waals surface area contributed by atoms with Gasteiger partial charge in [-0.25, -0.2) is 0 Å². The van der Waals surface area contributed by atoms with Gasteiger partial charge >= 0.3 is 0 Å². The predicted molar refractivity (Wildman–Crippen MR) is 49.1 cm³/mol. The number of hydrogen-bond acceptors (Lipinski definition) is 2. The Labute approximate surface area is 78.5 Å². The molecule has 74 valence electrons. The maximum Gasteiger partial charge on any atom is 0.228 e. The van der Waals surface area contributed by atoms with E-state index in [-0.39, 0.29) is 17.7 Å². The largest absolute Gasteiger partial charge is 0.348 e. The van der Waals surface area contributed by atoms with Crippen LogP contribution in [0.2, 0.25) is 0 Å². The van der Waals surface area contributed by atoms with Gasteiger partial charge in [-0.2, -0.15) is 0 Å². The van der Waals surface area contributed by atoms with Crippen molar-refractivity contribution < 1.29 is 9.59 Å². The first-order valence-electron chi connectivity index (χ1n) is 4.55. The van der Waals surface area contributed by atoms with Crippen LogP contribution >= 0.6 is 0 Å². The molecule has 1 rings (SSSR count). The van der Waals surface area contributed by atoms with E-state index < -0.39 is 0 Å². The van der Waals surface area contributed by atoms with Crippen molar-refractivity contribution in [3.8, 4) is 0 Å². The van der Waals surface area contributed by atoms with Crippen molar-refractivity contribution >= 4 is 11.8 Å². The van der Waals surface area contributed by atoms with Crippen LogP contribution < -0.4 is 0 Å². The zero-order valence-electron chi connectivity index (χ0n) is 8.41. The van der Waals surface area contributed by atoms with Gasteiger partial charge in [-0.1, -0.05) is 6.92 Å². The Bertz CT molecular complexity index is 220. The highest BCUT2D eigenvalue weighted by molar-refractivity contribution is 5.84. The summed E-state index contributed by atoms with van der Waals surface area (Å²) in [6, 6.07) is 0. The Morgan fingerprint density at radius 3 is 2.31 bits per heavy atom. The van der Waals surface area contributed by atoms with E-state index >= 15 is 0 Å². The molecule has 1 aliphatic heterocycles. The molecule has 4 nitrogen and oxygen atoms in total. The lowest BCUT2D eigenvalue weighted by Crippen LogP contribution is -2.55. The molecular formula is C9H16N2O2. The highest BCUT2D eigenvalue weighted by Gasteiger charge is 2.35. The van der Waals surface area contributed by atoms with E-state index in [2.05, 4.69) is 0 Å². The predicted octanol–water partition coefficient (Wildman–Crippen LogP) is -0.0570. The van der Waals surface area contributed by atoms with Gasteiger partial charge in [0.1, 0.15) is 0 Å². The number of nitrogens with zero attached hydrogens (tertiary/aromatic N) is 2. The van der Waals surface area contributed by atoms with Crippen LogP contribution in [0.3, 0.4) is 0 Å². The summed E-state index contributed by atoms with van der Waals surface area (Å²) < 4.78 is 0. The summed E-state index contributed by atoms with van der Waals surface area (Å²) in [6.45, 7) is 3.04. The van der Waals surface area contributed by atoms with Gasteiger partial charge in [-0.3, -0.25) is 9.59 Å². The number of likely N-dealkylation sites (tertiary alicyclic amines) is 1. The topological polar surface area (TPSA) is 40.6 Å². The Hall–Kier alpha value is -1.06. The van der Waals surface area contributed by atoms with Gasteiger partial charge in [0, 0.05) is 33.6 Å². The van der Waals surface area contributed by atoms with E-state index in [4.69, 9.17) is 0 Å². The fourth-order valence-corrected chi connectivity index (χ4v) is 1.43. The molecule has 0 bridgehead atoms. The number of hydrogen-bond donors (Lipinski definition) is 0. The first-order valence-corrected chi connectivity index (χ1v) is 4.55. The molecule has 0 saturated carbocycles. The maximum atomic E-state index is 11.4. The molecule has 0 spiro atoms. The quantitative estimate of drug-likeness (QED) is 0.603. The Morgan fingerprint density at radius 1 is 1.38 bits per heavy atom. The molecule has 0 atom stereocenters. The molecule has 2 amide bonds. The summed E-state index contributed by atoms with van der Waals surface area (Å²) in [7, 11) is 3.49. The fourth-order valence-electron chi connectivity index (χ4n) is 1.43. The molecule has 0 aliphatic carbocycles. The minimum absolute atomic E-state index is 0.0329. The molecule has 4 heteroatoms. The molecule has 1 aliphatic rings. The van der Waals surface area contributed by atoms with Crippen molar-refractivity contribution in [3.05, 3.63) is 0 Å². The smallest absolute Gasteiger partial charge is 0.228 e. The summed E-state index contributed by atoms with van der Waals surface area (Å²) in [5.41, 5.74) is 0. The average Bonchev–Trinajstić information content (AvgIpc) is 2.00. The third-order valence-corrected chi connectivity index (χ3v) is 2.33. The molecule has 0 aromatic heterocycles. The summed E-state index contributed by atoms with van der Waals surface area (Å²) in [5, 5.41) is 0. The van der Waals surface area contributed by atoms with Crippen LogP contribution in [0, 0.1) is 5.92 Å². The third kappa shape index (κ3) is 1.99. The van der Waals surface area contributed by atoms with Crippen molar-refractivity contribution in [1.82, 2.24) is 9.80 Å². The Balaban J connectivity index is 2.33. The standard InChI is InChI=1S/C9H16N2O2/c1-4-8(12)11-5-7(6-11)9(13)10(2)3/h7H,4-6H2,1-3H3. The van der Waals surface area contributed by atoms with Crippen LogP contribution in [0.15, 0.2) is 0 Å². The van der Waals surface area contributed by atoms with E-state index in [1.54, 1.807) is 23.9 Å². The second-order valence-corrected chi connectivity index (χ2v) is 3.58. The van der Waals surface area contributed by atoms with Crippen LogP contribution in [0.25, 0.3) is 0 Å². The van der Waals surface area contributed by atoms with Gasteiger partial charge in [0.2, 0.25) is 11.8 Å². The van der Waals surface area contributed by atoms with Crippen molar-refractivity contribution in [2.45, 2.75) is 13.3 Å². The van der Waals surface area contributed by atoms with Gasteiger partial charge in [0.05, 0.1) is 5.92 Å². The minimum atomic E-state index is 0.0329. The number of amides is 2. The van der Waals surface area contributed by atoms with Gasteiger partial charge in [0.15, 0.2) is 0 Å². The minimum Gasteiger partial charge on any atom is -0.348 e. The average molecular weight is 184 g/mol. The monoisotopic (exact) mass is 184 g/mol. The molecule has 0 radical (unpaired) electrons. The summed E-state index contributed by atoms with van der Waals surface area (Å²) in [4.78, 5) is 25.8. The van der Waals surface area contributed by atoms with Gasteiger partial charge in [-0.15, -0.1) is 0 Å². The van der Waals surface area contributed by atoms with E-state index in [0.29, 0.717) is 19.5 Å². The lowest BCUT2D eigenvalue weighted by atomic mass is 9.98. The van der Waals surface area contributed by atoms with Gasteiger partial charge in [0.25, 0.3) is 0 Å². The van der Waals surface area contributed by atoms with E-state index in [1.165, 1.54) is 0 Å². The van der Waals surface area contributed by atoms with Crippen molar-refractivity contribution in [2.24, 2.45) is 5.92 Å². The van der Waals surface area contributed by atoms with Crippen LogP contribution in [0.1, 0.15) is 13.3 Å². The molecular weight excluding hydrogens is 168 g/mol. The molecule has 0 unspecified atom stereocenters. The summed E-state index contributed by atoms with van der Waals surface area (Å²) >= 11 is 0. The second kappa shape index (κ2) is 3.77. The molecule has 0 N–H and O–H groups in total. The van der Waals surface area contributed by atoms with Crippen LogP contribution in [-0.4, -0.2) is 48.8 Å². The van der Waals surface area contributed by atoms with E-state index in [1.807, 2.05) is 6.92 Å². The first-order chi connectivity index (χ1) is 6.06. The summed E-state index contributed by atoms with van der Waals surface area (Å²) in [6.07, 6.45) is 0.531. The first kappa shape index (κ1) is 10.0. The van der Waals surface area contributed by atoms with Crippen LogP contribution in [0.4, 0.5) is 0 Å². The normalized spacial score (nSPS) is 16.7. The molecule has 0 aromatic carbocycles. The molecule has 1 fully saturated rings. The Morgan fingerprint density at radius 2 is 1.92 bits per heavy atom.